The first-order valence-electron chi connectivity index (χ1n) is 6.99. The first-order valence-corrected chi connectivity index (χ1v) is 6.99. The average molecular weight is 278 g/mol. The lowest BCUT2D eigenvalue weighted by Crippen LogP contribution is -2.00. The fourth-order valence-electron chi connectivity index (χ4n) is 2.20. The Bertz CT molecular complexity index is 711. The van der Waals surface area contributed by atoms with E-state index in [1.165, 1.54) is 11.1 Å². The molecule has 4 heteroatoms. The number of aromatic nitrogens is 3. The smallest absolute Gasteiger partial charge is 0.113 e. The van der Waals surface area contributed by atoms with Gasteiger partial charge in [0, 0.05) is 12.1 Å². The highest BCUT2D eigenvalue weighted by atomic mass is 15.4. The maximum atomic E-state index is 5.61. The van der Waals surface area contributed by atoms with Gasteiger partial charge in [0.25, 0.3) is 0 Å². The van der Waals surface area contributed by atoms with Crippen LogP contribution in [0.25, 0.3) is 11.3 Å². The van der Waals surface area contributed by atoms with E-state index >= 15 is 0 Å². The minimum Gasteiger partial charge on any atom is -0.326 e. The highest BCUT2D eigenvalue weighted by molar-refractivity contribution is 5.57. The topological polar surface area (TPSA) is 56.7 Å². The molecule has 0 unspecified atom stereocenters. The van der Waals surface area contributed by atoms with Gasteiger partial charge in [-0.3, -0.25) is 0 Å². The molecule has 0 saturated heterocycles. The molecule has 3 rings (SSSR count). The van der Waals surface area contributed by atoms with E-state index in [4.69, 9.17) is 5.73 Å². The van der Waals surface area contributed by atoms with Crippen LogP contribution in [-0.4, -0.2) is 15.0 Å². The molecule has 2 aromatic carbocycles. The summed E-state index contributed by atoms with van der Waals surface area (Å²) in [5, 5.41) is 8.43. The lowest BCUT2D eigenvalue weighted by molar-refractivity contribution is 0.649. The Balaban J connectivity index is 1.77. The van der Waals surface area contributed by atoms with Crippen LogP contribution in [0.5, 0.6) is 0 Å². The van der Waals surface area contributed by atoms with Crippen LogP contribution in [0.3, 0.4) is 0 Å². The van der Waals surface area contributed by atoms with Crippen molar-refractivity contribution in [1.29, 1.82) is 0 Å². The van der Waals surface area contributed by atoms with Crippen LogP contribution < -0.4 is 5.73 Å². The standard InChI is InChI=1S/C17H18N4/c1-13-2-4-15(5-3-13)11-21-12-17(19-20-21)16-8-6-14(10-18)7-9-16/h2-9,12H,10-11,18H2,1H3. The van der Waals surface area contributed by atoms with Crippen molar-refractivity contribution in [1.82, 2.24) is 15.0 Å². The van der Waals surface area contributed by atoms with Crippen LogP contribution in [0.1, 0.15) is 16.7 Å². The molecule has 0 amide bonds. The van der Waals surface area contributed by atoms with Gasteiger partial charge in [-0.05, 0) is 18.1 Å². The summed E-state index contributed by atoms with van der Waals surface area (Å²) in [6.07, 6.45) is 1.97. The average Bonchev–Trinajstić information content (AvgIpc) is 2.98. The van der Waals surface area contributed by atoms with Gasteiger partial charge in [-0.2, -0.15) is 0 Å². The molecule has 4 nitrogen and oxygen atoms in total. The molecule has 0 aliphatic heterocycles. The summed E-state index contributed by atoms with van der Waals surface area (Å²) in [6, 6.07) is 16.6. The molecule has 3 aromatic rings. The first-order chi connectivity index (χ1) is 10.2. The molecule has 0 atom stereocenters. The maximum Gasteiger partial charge on any atom is 0.113 e. The van der Waals surface area contributed by atoms with Crippen molar-refractivity contribution in [3.05, 3.63) is 71.4 Å². The predicted octanol–water partition coefficient (Wildman–Crippen LogP) is 2.76. The Morgan fingerprint density at radius 3 is 2.29 bits per heavy atom. The molecular formula is C17H18N4. The monoisotopic (exact) mass is 278 g/mol. The maximum absolute atomic E-state index is 5.61. The Morgan fingerprint density at radius 1 is 0.952 bits per heavy atom. The second-order valence-corrected chi connectivity index (χ2v) is 5.19. The molecule has 0 bridgehead atoms. The predicted molar refractivity (Wildman–Crippen MR) is 83.6 cm³/mol. The molecule has 0 saturated carbocycles. The number of aryl methyl sites for hydroxylation is 1. The van der Waals surface area contributed by atoms with Gasteiger partial charge in [0.05, 0.1) is 12.7 Å². The van der Waals surface area contributed by atoms with Crippen LogP contribution in [0.4, 0.5) is 0 Å². The zero-order valence-corrected chi connectivity index (χ0v) is 12.0. The van der Waals surface area contributed by atoms with Crippen molar-refractivity contribution in [2.45, 2.75) is 20.0 Å². The van der Waals surface area contributed by atoms with Crippen LogP contribution in [0, 0.1) is 6.92 Å². The number of hydrogen-bond donors (Lipinski definition) is 1. The molecule has 106 valence electrons. The summed E-state index contributed by atoms with van der Waals surface area (Å²) in [4.78, 5) is 0. The van der Waals surface area contributed by atoms with Gasteiger partial charge in [0.15, 0.2) is 0 Å². The van der Waals surface area contributed by atoms with Gasteiger partial charge in [0.1, 0.15) is 5.69 Å². The van der Waals surface area contributed by atoms with Crippen molar-refractivity contribution in [3.63, 3.8) is 0 Å². The number of nitrogens with zero attached hydrogens (tertiary/aromatic N) is 3. The molecule has 1 aromatic heterocycles. The third kappa shape index (κ3) is 3.17. The van der Waals surface area contributed by atoms with E-state index in [0.717, 1.165) is 23.4 Å². The van der Waals surface area contributed by atoms with Crippen LogP contribution in [-0.2, 0) is 13.1 Å². The number of nitrogens with two attached hydrogens (primary N) is 1. The molecular weight excluding hydrogens is 260 g/mol. The Hall–Kier alpha value is -2.46. The second-order valence-electron chi connectivity index (χ2n) is 5.19. The molecule has 21 heavy (non-hydrogen) atoms. The van der Waals surface area contributed by atoms with E-state index in [9.17, 15) is 0 Å². The van der Waals surface area contributed by atoms with Crippen LogP contribution in [0.2, 0.25) is 0 Å². The highest BCUT2D eigenvalue weighted by Crippen LogP contribution is 2.17. The quantitative estimate of drug-likeness (QED) is 0.798. The molecule has 0 radical (unpaired) electrons. The van der Waals surface area contributed by atoms with Crippen molar-refractivity contribution in [2.24, 2.45) is 5.73 Å². The molecule has 0 fully saturated rings. The SMILES string of the molecule is Cc1ccc(Cn2cc(-c3ccc(CN)cc3)nn2)cc1. The summed E-state index contributed by atoms with van der Waals surface area (Å²) >= 11 is 0. The zero-order valence-electron chi connectivity index (χ0n) is 12.0. The van der Waals surface area contributed by atoms with Gasteiger partial charge >= 0.3 is 0 Å². The summed E-state index contributed by atoms with van der Waals surface area (Å²) < 4.78 is 1.86. The van der Waals surface area contributed by atoms with Gasteiger partial charge in [0.2, 0.25) is 0 Å². The third-order valence-electron chi connectivity index (χ3n) is 3.49. The lowest BCUT2D eigenvalue weighted by atomic mass is 10.1. The third-order valence-corrected chi connectivity index (χ3v) is 3.49. The lowest BCUT2D eigenvalue weighted by Gasteiger charge is -2.01. The van der Waals surface area contributed by atoms with E-state index in [2.05, 4.69) is 41.5 Å². The van der Waals surface area contributed by atoms with E-state index in [-0.39, 0.29) is 0 Å². The largest absolute Gasteiger partial charge is 0.326 e. The zero-order chi connectivity index (χ0) is 14.7. The van der Waals surface area contributed by atoms with Gasteiger partial charge < -0.3 is 5.73 Å². The van der Waals surface area contributed by atoms with E-state index in [1.54, 1.807) is 0 Å². The molecule has 0 spiro atoms. The van der Waals surface area contributed by atoms with Crippen molar-refractivity contribution in [2.75, 3.05) is 0 Å². The van der Waals surface area contributed by atoms with Crippen molar-refractivity contribution in [3.8, 4) is 11.3 Å². The summed E-state index contributed by atoms with van der Waals surface area (Å²) in [6.45, 7) is 3.37. The fourth-order valence-corrected chi connectivity index (χ4v) is 2.20. The minimum absolute atomic E-state index is 0.556. The van der Waals surface area contributed by atoms with E-state index < -0.39 is 0 Å². The highest BCUT2D eigenvalue weighted by Gasteiger charge is 2.04. The van der Waals surface area contributed by atoms with Gasteiger partial charge in [-0.25, -0.2) is 4.68 Å². The Morgan fingerprint density at radius 2 is 1.62 bits per heavy atom. The Kier molecular flexibility index (Phi) is 3.79. The normalized spacial score (nSPS) is 10.8. The van der Waals surface area contributed by atoms with E-state index in [0.29, 0.717) is 6.54 Å². The molecule has 2 N–H and O–H groups in total. The van der Waals surface area contributed by atoms with Crippen LogP contribution in [0.15, 0.2) is 54.7 Å². The molecule has 0 aliphatic rings. The first kappa shape index (κ1) is 13.5. The fraction of sp³-hybridized carbons (Fsp3) is 0.176. The summed E-state index contributed by atoms with van der Waals surface area (Å²) in [5.74, 6) is 0. The second kappa shape index (κ2) is 5.89. The minimum atomic E-state index is 0.556. The number of benzene rings is 2. The van der Waals surface area contributed by atoms with Crippen LogP contribution >= 0.6 is 0 Å². The summed E-state index contributed by atoms with van der Waals surface area (Å²) in [7, 11) is 0. The number of hydrogen-bond acceptors (Lipinski definition) is 3. The van der Waals surface area contributed by atoms with Gasteiger partial charge in [-0.1, -0.05) is 59.3 Å². The molecule has 0 aliphatic carbocycles. The summed E-state index contributed by atoms with van der Waals surface area (Å²) in [5.41, 5.74) is 11.1. The van der Waals surface area contributed by atoms with Crippen molar-refractivity contribution >= 4 is 0 Å². The molecule has 1 heterocycles. The van der Waals surface area contributed by atoms with Crippen molar-refractivity contribution < 1.29 is 0 Å². The van der Waals surface area contributed by atoms with E-state index in [1.807, 2.05) is 35.1 Å². The Labute approximate surface area is 124 Å². The number of rotatable bonds is 4. The van der Waals surface area contributed by atoms with Gasteiger partial charge in [-0.15, -0.1) is 5.10 Å².